The van der Waals surface area contributed by atoms with E-state index < -0.39 is 0 Å². The van der Waals surface area contributed by atoms with Gasteiger partial charge in [-0.15, -0.1) is 0 Å². The van der Waals surface area contributed by atoms with Gasteiger partial charge in [-0.05, 0) is 36.8 Å². The van der Waals surface area contributed by atoms with Gasteiger partial charge in [0.05, 0.1) is 5.69 Å². The first-order valence-corrected chi connectivity index (χ1v) is 10.1. The maximum atomic E-state index is 12.9. The number of aryl methyl sites for hydroxylation is 1. The van der Waals surface area contributed by atoms with Crippen molar-refractivity contribution < 1.29 is 4.79 Å². The van der Waals surface area contributed by atoms with Gasteiger partial charge in [0, 0.05) is 36.5 Å². The van der Waals surface area contributed by atoms with E-state index in [-0.39, 0.29) is 5.91 Å². The van der Waals surface area contributed by atoms with Gasteiger partial charge in [0.25, 0.3) is 5.91 Å². The fourth-order valence-electron chi connectivity index (χ4n) is 3.42. The molecule has 4 rings (SSSR count). The third-order valence-electron chi connectivity index (χ3n) is 4.97. The molecule has 5 heteroatoms. The van der Waals surface area contributed by atoms with Crippen LogP contribution in [0.5, 0.6) is 0 Å². The fraction of sp³-hybridized carbons (Fsp3) is 0.115. The zero-order valence-corrected chi connectivity index (χ0v) is 17.6. The summed E-state index contributed by atoms with van der Waals surface area (Å²) < 4.78 is 0. The van der Waals surface area contributed by atoms with E-state index >= 15 is 0 Å². The Bertz CT molecular complexity index is 1190. The van der Waals surface area contributed by atoms with E-state index in [1.807, 2.05) is 79.8 Å². The van der Waals surface area contributed by atoms with E-state index in [4.69, 9.17) is 0 Å². The Hall–Kier alpha value is -3.99. The number of aromatic nitrogens is 2. The van der Waals surface area contributed by atoms with Crippen LogP contribution in [0.3, 0.4) is 0 Å². The molecule has 3 aromatic carbocycles. The normalized spacial score (nSPS) is 10.5. The van der Waals surface area contributed by atoms with Crippen LogP contribution in [-0.2, 0) is 6.54 Å². The van der Waals surface area contributed by atoms with E-state index in [9.17, 15) is 4.79 Å². The van der Waals surface area contributed by atoms with Gasteiger partial charge in [-0.3, -0.25) is 4.79 Å². The summed E-state index contributed by atoms with van der Waals surface area (Å²) in [6.07, 6.45) is 1.54. The van der Waals surface area contributed by atoms with Gasteiger partial charge >= 0.3 is 0 Å². The van der Waals surface area contributed by atoms with E-state index in [1.54, 1.807) is 11.2 Å². The molecule has 0 radical (unpaired) electrons. The summed E-state index contributed by atoms with van der Waals surface area (Å²) in [5.74, 6) is 0.643. The second-order valence-corrected chi connectivity index (χ2v) is 7.51. The van der Waals surface area contributed by atoms with Gasteiger partial charge in [-0.25, -0.2) is 9.97 Å². The number of hydrogen-bond donors (Lipinski definition) is 1. The molecule has 0 atom stereocenters. The van der Waals surface area contributed by atoms with E-state index in [2.05, 4.69) is 34.3 Å². The van der Waals surface area contributed by atoms with Crippen molar-refractivity contribution in [3.63, 3.8) is 0 Å². The molecule has 0 aliphatic rings. The van der Waals surface area contributed by atoms with Gasteiger partial charge in [0.15, 0.2) is 0 Å². The molecule has 0 aliphatic carbocycles. The summed E-state index contributed by atoms with van der Waals surface area (Å²) >= 11 is 0. The molecule has 31 heavy (non-hydrogen) atoms. The number of hydrogen-bond acceptors (Lipinski definition) is 4. The average molecular weight is 409 g/mol. The van der Waals surface area contributed by atoms with Crippen LogP contribution in [0, 0.1) is 6.92 Å². The molecule has 5 nitrogen and oxygen atoms in total. The lowest BCUT2D eigenvalue weighted by Crippen LogP contribution is -2.26. The van der Waals surface area contributed by atoms with Crippen LogP contribution in [0.15, 0.2) is 91.3 Å². The molecule has 4 aromatic rings. The van der Waals surface area contributed by atoms with Gasteiger partial charge in [0.2, 0.25) is 0 Å². The Morgan fingerprint density at radius 1 is 0.903 bits per heavy atom. The predicted octanol–water partition coefficient (Wildman–Crippen LogP) is 5.47. The van der Waals surface area contributed by atoms with E-state index in [0.717, 1.165) is 22.5 Å². The minimum Gasteiger partial charge on any atom is -0.340 e. The Morgan fingerprint density at radius 3 is 2.52 bits per heavy atom. The van der Waals surface area contributed by atoms with Crippen LogP contribution < -0.4 is 5.32 Å². The fourth-order valence-corrected chi connectivity index (χ4v) is 3.42. The van der Waals surface area contributed by atoms with Crippen molar-refractivity contribution in [2.45, 2.75) is 13.5 Å². The zero-order chi connectivity index (χ0) is 21.6. The van der Waals surface area contributed by atoms with Crippen molar-refractivity contribution in [3.8, 4) is 11.3 Å². The first-order valence-electron chi connectivity index (χ1n) is 10.1. The number of benzene rings is 3. The third-order valence-corrected chi connectivity index (χ3v) is 4.97. The Balaban J connectivity index is 1.50. The molecule has 1 amide bonds. The second-order valence-electron chi connectivity index (χ2n) is 7.51. The summed E-state index contributed by atoms with van der Waals surface area (Å²) in [7, 11) is 1.81. The SMILES string of the molecule is Cc1cccc(-c2cc(Nc3cccc(C(=O)N(C)Cc4ccccc4)c3)ncn2)c1. The van der Waals surface area contributed by atoms with Gasteiger partial charge in [-0.1, -0.05) is 60.2 Å². The number of nitrogens with one attached hydrogen (secondary N) is 1. The third kappa shape index (κ3) is 5.14. The van der Waals surface area contributed by atoms with Crippen LogP contribution in [0.1, 0.15) is 21.5 Å². The van der Waals surface area contributed by atoms with Crippen LogP contribution in [0.4, 0.5) is 11.5 Å². The number of nitrogens with zero attached hydrogens (tertiary/aromatic N) is 3. The standard InChI is InChI=1S/C26H24N4O/c1-19-8-6-11-21(14-19)24-16-25(28-18-27-24)29-23-13-7-12-22(15-23)26(31)30(2)17-20-9-4-3-5-10-20/h3-16,18H,17H2,1-2H3,(H,27,28,29). The number of anilines is 2. The molecule has 1 aromatic heterocycles. The lowest BCUT2D eigenvalue weighted by molar-refractivity contribution is 0.0785. The first kappa shape index (κ1) is 20.3. The maximum Gasteiger partial charge on any atom is 0.253 e. The molecule has 0 fully saturated rings. The number of rotatable bonds is 6. The lowest BCUT2D eigenvalue weighted by Gasteiger charge is -2.18. The van der Waals surface area contributed by atoms with Crippen molar-refractivity contribution in [1.29, 1.82) is 0 Å². The highest BCUT2D eigenvalue weighted by molar-refractivity contribution is 5.95. The van der Waals surface area contributed by atoms with Crippen LogP contribution >= 0.6 is 0 Å². The highest BCUT2D eigenvalue weighted by Gasteiger charge is 2.13. The minimum atomic E-state index is -0.0318. The zero-order valence-electron chi connectivity index (χ0n) is 17.6. The van der Waals surface area contributed by atoms with Crippen molar-refractivity contribution in [2.75, 3.05) is 12.4 Å². The molecule has 0 unspecified atom stereocenters. The first-order chi connectivity index (χ1) is 15.1. The van der Waals surface area contributed by atoms with Crippen LogP contribution in [0.25, 0.3) is 11.3 Å². The Kier molecular flexibility index (Phi) is 6.03. The quantitative estimate of drug-likeness (QED) is 0.460. The van der Waals surface area contributed by atoms with E-state index in [1.165, 1.54) is 5.56 Å². The maximum absolute atomic E-state index is 12.9. The van der Waals surface area contributed by atoms with Crippen LogP contribution in [0.2, 0.25) is 0 Å². The van der Waals surface area contributed by atoms with Crippen molar-refractivity contribution in [2.24, 2.45) is 0 Å². The second kappa shape index (κ2) is 9.22. The van der Waals surface area contributed by atoms with E-state index in [0.29, 0.717) is 17.9 Å². The number of amides is 1. The van der Waals surface area contributed by atoms with Gasteiger partial charge < -0.3 is 10.2 Å². The molecule has 0 aliphatic heterocycles. The van der Waals surface area contributed by atoms with Crippen molar-refractivity contribution >= 4 is 17.4 Å². The highest BCUT2D eigenvalue weighted by atomic mass is 16.2. The molecule has 1 heterocycles. The number of carbonyl (C=O) groups excluding carboxylic acids is 1. The molecule has 0 saturated heterocycles. The monoisotopic (exact) mass is 408 g/mol. The average Bonchev–Trinajstić information content (AvgIpc) is 2.79. The molecule has 0 spiro atoms. The molecular formula is C26H24N4O. The topological polar surface area (TPSA) is 58.1 Å². The van der Waals surface area contributed by atoms with Crippen molar-refractivity contribution in [1.82, 2.24) is 14.9 Å². The highest BCUT2D eigenvalue weighted by Crippen LogP contribution is 2.22. The Morgan fingerprint density at radius 2 is 1.71 bits per heavy atom. The molecule has 1 N–H and O–H groups in total. The van der Waals surface area contributed by atoms with Crippen LogP contribution in [-0.4, -0.2) is 27.8 Å². The summed E-state index contributed by atoms with van der Waals surface area (Å²) in [6.45, 7) is 2.62. The summed E-state index contributed by atoms with van der Waals surface area (Å²) in [5.41, 5.74) is 5.57. The molecule has 0 bridgehead atoms. The van der Waals surface area contributed by atoms with Gasteiger partial charge in [-0.2, -0.15) is 0 Å². The summed E-state index contributed by atoms with van der Waals surface area (Å²) in [5, 5.41) is 3.29. The minimum absolute atomic E-state index is 0.0318. The largest absolute Gasteiger partial charge is 0.340 e. The predicted molar refractivity (Wildman–Crippen MR) is 124 cm³/mol. The number of carbonyl (C=O) groups is 1. The lowest BCUT2D eigenvalue weighted by atomic mass is 10.1. The Labute approximate surface area is 182 Å². The molecular weight excluding hydrogens is 384 g/mol. The van der Waals surface area contributed by atoms with Gasteiger partial charge in [0.1, 0.15) is 12.1 Å². The smallest absolute Gasteiger partial charge is 0.253 e. The summed E-state index contributed by atoms with van der Waals surface area (Å²) in [6, 6.07) is 27.5. The molecule has 154 valence electrons. The van der Waals surface area contributed by atoms with Crippen molar-refractivity contribution in [3.05, 3.63) is 108 Å². The molecule has 0 saturated carbocycles. The summed E-state index contributed by atoms with van der Waals surface area (Å²) in [4.78, 5) is 23.3.